The SMILES string of the molecule is C[SiH](C)Oc1c(C(C)(C)C)ccc2cc(N(c3ccc4c(O[SiH](C)C)c(C(C)(C)C)ccc4c3)c3ccc4c(O[SiH](C)C)c(C(C)(C)C)ccc4c3)ccc12. The van der Waals surface area contributed by atoms with Gasteiger partial charge in [-0.05, 0) is 143 Å². The van der Waals surface area contributed by atoms with Crippen LogP contribution in [0.3, 0.4) is 0 Å². The molecule has 6 aromatic carbocycles. The van der Waals surface area contributed by atoms with Crippen LogP contribution in [-0.2, 0) is 16.2 Å². The van der Waals surface area contributed by atoms with E-state index in [0.717, 1.165) is 50.5 Å². The fraction of sp³-hybridized carbons (Fsp3) is 0.375. The lowest BCUT2D eigenvalue weighted by molar-refractivity contribution is 0.525. The molecule has 0 aliphatic rings. The van der Waals surface area contributed by atoms with Crippen molar-refractivity contribution in [1.29, 1.82) is 0 Å². The van der Waals surface area contributed by atoms with E-state index in [2.05, 4.69) is 197 Å². The van der Waals surface area contributed by atoms with Crippen LogP contribution < -0.4 is 18.2 Å². The first-order valence-corrected chi connectivity index (χ1v) is 28.5. The van der Waals surface area contributed by atoms with E-state index in [0.29, 0.717) is 0 Å². The summed E-state index contributed by atoms with van der Waals surface area (Å²) in [6, 6.07) is 34.2. The summed E-state index contributed by atoms with van der Waals surface area (Å²) in [5.41, 5.74) is 6.95. The zero-order chi connectivity index (χ0) is 40.2. The Morgan fingerprint density at radius 1 is 0.364 bits per heavy atom. The Kier molecular flexibility index (Phi) is 11.2. The van der Waals surface area contributed by atoms with Crippen molar-refractivity contribution in [1.82, 2.24) is 0 Å². The normalized spacial score (nSPS) is 12.8. The summed E-state index contributed by atoms with van der Waals surface area (Å²) < 4.78 is 20.1. The second-order valence-corrected chi connectivity index (χ2v) is 26.1. The molecule has 6 aromatic rings. The summed E-state index contributed by atoms with van der Waals surface area (Å²) in [5, 5.41) is 7.00. The maximum Gasteiger partial charge on any atom is 0.229 e. The first-order chi connectivity index (χ1) is 25.6. The van der Waals surface area contributed by atoms with E-state index in [9.17, 15) is 0 Å². The molecule has 0 aliphatic heterocycles. The van der Waals surface area contributed by atoms with Crippen molar-refractivity contribution >= 4 is 76.5 Å². The molecule has 0 saturated carbocycles. The Hall–Kier alpha value is -4.05. The molecule has 0 heterocycles. The van der Waals surface area contributed by atoms with Crippen LogP contribution in [0.15, 0.2) is 91.0 Å². The van der Waals surface area contributed by atoms with Crippen LogP contribution in [0.2, 0.25) is 39.3 Å². The Balaban J connectivity index is 1.61. The van der Waals surface area contributed by atoms with Gasteiger partial charge >= 0.3 is 0 Å². The molecule has 0 amide bonds. The summed E-state index contributed by atoms with van der Waals surface area (Å²) in [5.74, 6) is 3.11. The van der Waals surface area contributed by atoms with Crippen LogP contribution in [0.4, 0.5) is 17.1 Å². The van der Waals surface area contributed by atoms with Gasteiger partial charge in [-0.15, -0.1) is 0 Å². The van der Waals surface area contributed by atoms with Gasteiger partial charge in [-0.1, -0.05) is 98.7 Å². The number of hydrogen-bond acceptors (Lipinski definition) is 4. The molecule has 0 N–H and O–H groups in total. The molecule has 0 saturated heterocycles. The van der Waals surface area contributed by atoms with E-state index < -0.39 is 27.1 Å². The van der Waals surface area contributed by atoms with Crippen molar-refractivity contribution < 1.29 is 13.3 Å². The third-order valence-electron chi connectivity index (χ3n) is 10.1. The molecular formula is C48H63NO3Si3. The molecule has 290 valence electrons. The standard InChI is InChI=1S/C48H63NO3Si3/c1-46(2,3)40-25-16-31-28-34(19-22-37(31)43(40)50-53(10)11)49(35-20-23-38-32(29-35)17-26-41(47(4,5)6)44(38)51-54(12)13)36-21-24-39-33(30-36)18-27-42(48(7,8)9)45(39)52-55(14)15/h16-30,53-55H,1-15H3. The quantitative estimate of drug-likeness (QED) is 0.137. The lowest BCUT2D eigenvalue weighted by Crippen LogP contribution is -2.19. The first-order valence-electron chi connectivity index (χ1n) is 20.2. The number of anilines is 3. The molecule has 0 atom stereocenters. The molecule has 0 unspecified atom stereocenters. The van der Waals surface area contributed by atoms with Crippen LogP contribution in [0, 0.1) is 0 Å². The monoisotopic (exact) mass is 785 g/mol. The van der Waals surface area contributed by atoms with Crippen molar-refractivity contribution in [3.8, 4) is 17.2 Å². The lowest BCUT2D eigenvalue weighted by Gasteiger charge is -2.29. The molecule has 0 spiro atoms. The highest BCUT2D eigenvalue weighted by molar-refractivity contribution is 6.50. The van der Waals surface area contributed by atoms with Gasteiger partial charge in [0, 0.05) is 33.2 Å². The summed E-state index contributed by atoms with van der Waals surface area (Å²) in [4.78, 5) is 2.40. The van der Waals surface area contributed by atoms with E-state index in [1.165, 1.54) is 32.8 Å². The van der Waals surface area contributed by atoms with Crippen LogP contribution in [0.25, 0.3) is 32.3 Å². The molecular weight excluding hydrogens is 723 g/mol. The lowest BCUT2D eigenvalue weighted by atomic mass is 9.84. The highest BCUT2D eigenvalue weighted by Gasteiger charge is 2.26. The molecule has 0 aliphatic carbocycles. The van der Waals surface area contributed by atoms with Crippen LogP contribution in [-0.4, -0.2) is 27.1 Å². The average Bonchev–Trinajstić information content (AvgIpc) is 3.06. The predicted molar refractivity (Wildman–Crippen MR) is 248 cm³/mol. The topological polar surface area (TPSA) is 30.9 Å². The first kappa shape index (κ1) is 40.6. The molecule has 4 nitrogen and oxygen atoms in total. The number of nitrogens with zero attached hydrogens (tertiary/aromatic N) is 1. The number of benzene rings is 6. The zero-order valence-corrected chi connectivity index (χ0v) is 39.5. The third kappa shape index (κ3) is 8.54. The van der Waals surface area contributed by atoms with Gasteiger partial charge in [-0.2, -0.15) is 0 Å². The van der Waals surface area contributed by atoms with E-state index in [1.54, 1.807) is 0 Å². The highest BCUT2D eigenvalue weighted by atomic mass is 28.3. The van der Waals surface area contributed by atoms with Gasteiger partial charge in [0.1, 0.15) is 17.2 Å². The minimum atomic E-state index is -1.37. The van der Waals surface area contributed by atoms with Crippen LogP contribution in [0.5, 0.6) is 17.2 Å². The van der Waals surface area contributed by atoms with E-state index in [-0.39, 0.29) is 16.2 Å². The highest BCUT2D eigenvalue weighted by Crippen LogP contribution is 2.46. The number of rotatable bonds is 9. The van der Waals surface area contributed by atoms with E-state index in [1.807, 2.05) is 0 Å². The Morgan fingerprint density at radius 3 is 0.836 bits per heavy atom. The van der Waals surface area contributed by atoms with Crippen molar-refractivity contribution in [2.45, 2.75) is 118 Å². The van der Waals surface area contributed by atoms with Crippen molar-refractivity contribution in [3.63, 3.8) is 0 Å². The van der Waals surface area contributed by atoms with Crippen molar-refractivity contribution in [2.75, 3.05) is 4.90 Å². The molecule has 0 bridgehead atoms. The van der Waals surface area contributed by atoms with Gasteiger partial charge in [0.15, 0.2) is 0 Å². The molecule has 0 radical (unpaired) electrons. The third-order valence-corrected chi connectivity index (χ3v) is 12.2. The van der Waals surface area contributed by atoms with Gasteiger partial charge in [0.2, 0.25) is 27.1 Å². The van der Waals surface area contributed by atoms with Crippen molar-refractivity contribution in [2.24, 2.45) is 0 Å². The predicted octanol–water partition coefficient (Wildman–Crippen LogP) is 13.6. The summed E-state index contributed by atoms with van der Waals surface area (Å²) in [6.07, 6.45) is 0. The second-order valence-electron chi connectivity index (χ2n) is 19.1. The van der Waals surface area contributed by atoms with Gasteiger partial charge in [-0.3, -0.25) is 0 Å². The average molecular weight is 786 g/mol. The molecule has 0 fully saturated rings. The smallest absolute Gasteiger partial charge is 0.229 e. The molecule has 0 aromatic heterocycles. The zero-order valence-electron chi connectivity index (χ0n) is 36.1. The van der Waals surface area contributed by atoms with Crippen LogP contribution in [0.1, 0.15) is 79.0 Å². The Bertz CT molecular complexity index is 2100. The molecule has 55 heavy (non-hydrogen) atoms. The maximum atomic E-state index is 6.70. The summed E-state index contributed by atoms with van der Waals surface area (Å²) in [6.45, 7) is 33.9. The minimum absolute atomic E-state index is 0.0331. The minimum Gasteiger partial charge on any atom is -0.546 e. The fourth-order valence-corrected chi connectivity index (χ4v) is 9.77. The summed E-state index contributed by atoms with van der Waals surface area (Å²) >= 11 is 0. The van der Waals surface area contributed by atoms with Gasteiger partial charge in [-0.25, -0.2) is 0 Å². The Morgan fingerprint density at radius 2 is 0.618 bits per heavy atom. The largest absolute Gasteiger partial charge is 0.546 e. The van der Waals surface area contributed by atoms with Gasteiger partial charge in [0.25, 0.3) is 0 Å². The van der Waals surface area contributed by atoms with E-state index >= 15 is 0 Å². The number of fused-ring (bicyclic) bond motifs is 3. The Labute approximate surface area is 336 Å². The maximum absolute atomic E-state index is 6.70. The molecule has 6 rings (SSSR count). The summed E-state index contributed by atoms with van der Waals surface area (Å²) in [7, 11) is -4.10. The van der Waals surface area contributed by atoms with Crippen molar-refractivity contribution in [3.05, 3.63) is 108 Å². The fourth-order valence-electron chi connectivity index (χ4n) is 7.59. The van der Waals surface area contributed by atoms with E-state index in [4.69, 9.17) is 13.3 Å². The molecule has 7 heteroatoms. The van der Waals surface area contributed by atoms with Gasteiger partial charge in [0.05, 0.1) is 0 Å². The number of hydrogen-bond donors (Lipinski definition) is 0. The van der Waals surface area contributed by atoms with Gasteiger partial charge < -0.3 is 18.2 Å². The second kappa shape index (κ2) is 15.1. The van der Waals surface area contributed by atoms with Crippen LogP contribution >= 0.6 is 0 Å².